The minimum Gasteiger partial charge on any atom is -0.399 e. The van der Waals surface area contributed by atoms with Crippen LogP contribution in [0.5, 0.6) is 0 Å². The third-order valence-electron chi connectivity index (χ3n) is 1.49. The summed E-state index contributed by atoms with van der Waals surface area (Å²) >= 11 is 4.12. The minimum atomic E-state index is 0.670. The van der Waals surface area contributed by atoms with Crippen molar-refractivity contribution in [1.82, 2.24) is 0 Å². The van der Waals surface area contributed by atoms with Crippen LogP contribution in [-0.2, 0) is 0 Å². The molecule has 0 radical (unpaired) electrons. The van der Waals surface area contributed by atoms with Gasteiger partial charge in [-0.15, -0.1) is 0 Å². The van der Waals surface area contributed by atoms with E-state index in [9.17, 15) is 0 Å². The van der Waals surface area contributed by atoms with Gasteiger partial charge in [-0.1, -0.05) is 18.7 Å². The normalized spacial score (nSPS) is 9.55. The van der Waals surface area contributed by atoms with Gasteiger partial charge in [0.05, 0.1) is 0 Å². The highest BCUT2D eigenvalue weighted by molar-refractivity contribution is 7.80. The fraction of sp³-hybridized carbons (Fsp3) is 0.111. The molecule has 58 valence electrons. The molecule has 0 fully saturated rings. The Kier molecular flexibility index (Phi) is 2.60. The van der Waals surface area contributed by atoms with Gasteiger partial charge in [-0.25, -0.2) is 0 Å². The Morgan fingerprint density at radius 3 is 2.82 bits per heavy atom. The second-order valence-corrected chi connectivity index (χ2v) is 2.70. The molecular weight excluding hydrogens is 154 g/mol. The van der Waals surface area contributed by atoms with Crippen LogP contribution in [0.4, 0.5) is 5.69 Å². The Bertz CT molecular complexity index is 268. The summed E-state index contributed by atoms with van der Waals surface area (Å²) in [5, 5.41) is 0. The summed E-state index contributed by atoms with van der Waals surface area (Å²) in [6.07, 6.45) is 0. The van der Waals surface area contributed by atoms with E-state index >= 15 is 0 Å². The fourth-order valence-electron chi connectivity index (χ4n) is 0.850. The molecule has 0 aliphatic carbocycles. The third kappa shape index (κ3) is 2.02. The van der Waals surface area contributed by atoms with Crippen molar-refractivity contribution in [1.29, 1.82) is 0 Å². The number of nitrogen functional groups attached to an aromatic ring is 1. The van der Waals surface area contributed by atoms with Crippen molar-refractivity contribution in [3.05, 3.63) is 36.4 Å². The Morgan fingerprint density at radius 1 is 1.55 bits per heavy atom. The van der Waals surface area contributed by atoms with Crippen molar-refractivity contribution < 1.29 is 0 Å². The molecule has 11 heavy (non-hydrogen) atoms. The van der Waals surface area contributed by atoms with E-state index in [1.54, 1.807) is 0 Å². The van der Waals surface area contributed by atoms with Crippen LogP contribution in [0.3, 0.4) is 0 Å². The summed E-state index contributed by atoms with van der Waals surface area (Å²) in [6.45, 7) is 3.85. The standard InChI is InChI=1S/C9H11NS/c1-7(6-11)8-3-2-4-9(10)5-8/h2-5,11H,1,6,10H2. The first-order valence-electron chi connectivity index (χ1n) is 3.38. The smallest absolute Gasteiger partial charge is 0.0320 e. The summed E-state index contributed by atoms with van der Waals surface area (Å²) in [5.41, 5.74) is 8.42. The lowest BCUT2D eigenvalue weighted by molar-refractivity contribution is 1.59. The maximum Gasteiger partial charge on any atom is 0.0320 e. The van der Waals surface area contributed by atoms with Crippen LogP contribution in [0.15, 0.2) is 30.8 Å². The molecule has 0 spiro atoms. The number of hydrogen-bond acceptors (Lipinski definition) is 2. The molecule has 0 bridgehead atoms. The molecule has 0 saturated heterocycles. The van der Waals surface area contributed by atoms with Crippen LogP contribution in [0.1, 0.15) is 5.56 Å². The fourth-order valence-corrected chi connectivity index (χ4v) is 1.03. The first kappa shape index (κ1) is 8.21. The zero-order chi connectivity index (χ0) is 8.27. The second kappa shape index (κ2) is 3.49. The van der Waals surface area contributed by atoms with E-state index in [4.69, 9.17) is 5.73 Å². The lowest BCUT2D eigenvalue weighted by Crippen LogP contribution is -1.88. The maximum absolute atomic E-state index is 5.59. The van der Waals surface area contributed by atoms with E-state index in [1.165, 1.54) is 0 Å². The average molecular weight is 165 g/mol. The molecule has 0 atom stereocenters. The van der Waals surface area contributed by atoms with Crippen LogP contribution in [0.25, 0.3) is 5.57 Å². The Hall–Kier alpha value is -0.890. The number of anilines is 1. The van der Waals surface area contributed by atoms with Crippen molar-refractivity contribution in [2.24, 2.45) is 0 Å². The van der Waals surface area contributed by atoms with E-state index in [-0.39, 0.29) is 0 Å². The number of nitrogens with two attached hydrogens (primary N) is 1. The van der Waals surface area contributed by atoms with E-state index in [0.717, 1.165) is 16.8 Å². The maximum atomic E-state index is 5.59. The lowest BCUT2D eigenvalue weighted by atomic mass is 10.1. The zero-order valence-corrected chi connectivity index (χ0v) is 7.14. The van der Waals surface area contributed by atoms with Gasteiger partial charge in [-0.3, -0.25) is 0 Å². The van der Waals surface area contributed by atoms with Crippen LogP contribution in [-0.4, -0.2) is 5.75 Å². The van der Waals surface area contributed by atoms with Gasteiger partial charge < -0.3 is 5.73 Å². The van der Waals surface area contributed by atoms with E-state index in [0.29, 0.717) is 5.75 Å². The Balaban J connectivity index is 2.96. The average Bonchev–Trinajstić information content (AvgIpc) is 2.03. The summed E-state index contributed by atoms with van der Waals surface area (Å²) in [4.78, 5) is 0. The zero-order valence-electron chi connectivity index (χ0n) is 6.25. The van der Waals surface area contributed by atoms with Crippen LogP contribution < -0.4 is 5.73 Å². The number of rotatable bonds is 2. The van der Waals surface area contributed by atoms with Crippen molar-refractivity contribution in [3.63, 3.8) is 0 Å². The summed E-state index contributed by atoms with van der Waals surface area (Å²) in [6, 6.07) is 7.65. The minimum absolute atomic E-state index is 0.670. The highest BCUT2D eigenvalue weighted by atomic mass is 32.1. The lowest BCUT2D eigenvalue weighted by Gasteiger charge is -2.01. The van der Waals surface area contributed by atoms with Gasteiger partial charge in [-0.05, 0) is 23.3 Å². The Labute approximate surface area is 72.3 Å². The third-order valence-corrected chi connectivity index (χ3v) is 1.87. The molecule has 0 saturated carbocycles. The van der Waals surface area contributed by atoms with Crippen LogP contribution in [0, 0.1) is 0 Å². The van der Waals surface area contributed by atoms with Crippen molar-refractivity contribution in [2.45, 2.75) is 0 Å². The summed E-state index contributed by atoms with van der Waals surface area (Å²) < 4.78 is 0. The highest BCUT2D eigenvalue weighted by Gasteiger charge is 1.95. The predicted molar refractivity (Wildman–Crippen MR) is 53.7 cm³/mol. The quantitative estimate of drug-likeness (QED) is 0.510. The van der Waals surface area contributed by atoms with Gasteiger partial charge in [0, 0.05) is 11.4 Å². The van der Waals surface area contributed by atoms with E-state index in [1.807, 2.05) is 24.3 Å². The van der Waals surface area contributed by atoms with Crippen molar-refractivity contribution in [2.75, 3.05) is 11.5 Å². The second-order valence-electron chi connectivity index (χ2n) is 2.39. The molecule has 0 unspecified atom stereocenters. The molecule has 0 amide bonds. The first-order chi connectivity index (χ1) is 5.24. The molecule has 1 aromatic carbocycles. The molecule has 2 N–H and O–H groups in total. The molecule has 0 aliphatic rings. The molecule has 1 rings (SSSR count). The first-order valence-corrected chi connectivity index (χ1v) is 4.02. The SMILES string of the molecule is C=C(CS)c1cccc(N)c1. The van der Waals surface area contributed by atoms with Gasteiger partial charge in [0.2, 0.25) is 0 Å². The van der Waals surface area contributed by atoms with Gasteiger partial charge in [0.15, 0.2) is 0 Å². The van der Waals surface area contributed by atoms with Gasteiger partial charge in [0.1, 0.15) is 0 Å². The summed E-state index contributed by atoms with van der Waals surface area (Å²) in [7, 11) is 0. The Morgan fingerprint density at radius 2 is 2.27 bits per heavy atom. The monoisotopic (exact) mass is 165 g/mol. The van der Waals surface area contributed by atoms with Crippen molar-refractivity contribution >= 4 is 23.9 Å². The van der Waals surface area contributed by atoms with Crippen LogP contribution >= 0.6 is 12.6 Å². The number of hydrogen-bond donors (Lipinski definition) is 2. The van der Waals surface area contributed by atoms with Gasteiger partial charge in [-0.2, -0.15) is 12.6 Å². The summed E-state index contributed by atoms with van der Waals surface area (Å²) in [5.74, 6) is 0.670. The topological polar surface area (TPSA) is 26.0 Å². The largest absolute Gasteiger partial charge is 0.399 e. The molecule has 0 heterocycles. The van der Waals surface area contributed by atoms with Crippen LogP contribution in [0.2, 0.25) is 0 Å². The highest BCUT2D eigenvalue weighted by Crippen LogP contribution is 2.15. The number of thiol groups is 1. The van der Waals surface area contributed by atoms with Gasteiger partial charge >= 0.3 is 0 Å². The van der Waals surface area contributed by atoms with E-state index < -0.39 is 0 Å². The predicted octanol–water partition coefficient (Wildman–Crippen LogP) is 2.21. The molecular formula is C9H11NS. The van der Waals surface area contributed by atoms with E-state index in [2.05, 4.69) is 19.2 Å². The molecule has 1 nitrogen and oxygen atoms in total. The molecule has 0 aromatic heterocycles. The van der Waals surface area contributed by atoms with Gasteiger partial charge in [0.25, 0.3) is 0 Å². The molecule has 1 aromatic rings. The molecule has 0 aliphatic heterocycles. The van der Waals surface area contributed by atoms with Crippen molar-refractivity contribution in [3.8, 4) is 0 Å². The number of benzene rings is 1. The molecule has 2 heteroatoms.